The van der Waals surface area contributed by atoms with Crippen LogP contribution >= 0.6 is 0 Å². The summed E-state index contributed by atoms with van der Waals surface area (Å²) in [7, 11) is -9.56. The molecule has 0 saturated carbocycles. The van der Waals surface area contributed by atoms with Crippen LogP contribution in [0.1, 0.15) is 0 Å². The Labute approximate surface area is 118 Å². The second-order valence-corrected chi connectivity index (χ2v) is 6.78. The highest BCUT2D eigenvalue weighted by atomic mass is 32.2. The Balaban J connectivity index is 3.10. The Morgan fingerprint density at radius 1 is 0.905 bits per heavy atom. The fraction of sp³-hybridized carbons (Fsp3) is 0. The van der Waals surface area contributed by atoms with Crippen LogP contribution in [-0.2, 0) is 20.2 Å². The van der Waals surface area contributed by atoms with Crippen molar-refractivity contribution in [3.05, 3.63) is 40.4 Å². The third-order valence-electron chi connectivity index (χ3n) is 2.67. The van der Waals surface area contributed by atoms with Gasteiger partial charge in [0.1, 0.15) is 9.79 Å². The zero-order valence-corrected chi connectivity index (χ0v) is 11.6. The minimum absolute atomic E-state index is 0.266. The highest BCUT2D eigenvalue weighted by molar-refractivity contribution is 7.86. The van der Waals surface area contributed by atoms with Crippen LogP contribution in [0.25, 0.3) is 10.8 Å². The average Bonchev–Trinajstić information content (AvgIpc) is 2.34. The zero-order valence-electron chi connectivity index (χ0n) is 9.99. The van der Waals surface area contributed by atoms with Gasteiger partial charge in [-0.05, 0) is 6.07 Å². The van der Waals surface area contributed by atoms with E-state index in [0.717, 1.165) is 24.3 Å². The van der Waals surface area contributed by atoms with E-state index in [1.165, 1.54) is 0 Å². The quantitative estimate of drug-likeness (QED) is 0.483. The second kappa shape index (κ2) is 4.73. The average molecular weight is 333 g/mol. The van der Waals surface area contributed by atoms with Crippen molar-refractivity contribution in [2.24, 2.45) is 0 Å². The van der Waals surface area contributed by atoms with Gasteiger partial charge >= 0.3 is 0 Å². The van der Waals surface area contributed by atoms with Crippen molar-refractivity contribution in [1.29, 1.82) is 0 Å². The topological polar surface area (TPSA) is 152 Å². The Hall–Kier alpha value is -2.08. The smallest absolute Gasteiger partial charge is 0.282 e. The highest BCUT2D eigenvalue weighted by Gasteiger charge is 2.24. The lowest BCUT2D eigenvalue weighted by Crippen LogP contribution is -2.04. The summed E-state index contributed by atoms with van der Waals surface area (Å²) >= 11 is 0. The maximum atomic E-state index is 11.3. The standard InChI is InChI=1S/C10H7NO8S2/c12-11(13)6-4-8-7(10(5-6)21(17,18)19)2-1-3-9(8)20(14,15)16/h1-5H,(H,14,15,16)(H,17,18,19). The number of fused-ring (bicyclic) bond motifs is 1. The molecule has 0 fully saturated rings. The van der Waals surface area contributed by atoms with Crippen molar-refractivity contribution in [3.8, 4) is 0 Å². The van der Waals surface area contributed by atoms with Crippen LogP contribution in [0.15, 0.2) is 40.1 Å². The fourth-order valence-electron chi connectivity index (χ4n) is 1.85. The van der Waals surface area contributed by atoms with Gasteiger partial charge in [-0.25, -0.2) is 0 Å². The Morgan fingerprint density at radius 3 is 1.95 bits per heavy atom. The summed E-state index contributed by atoms with van der Waals surface area (Å²) in [6.07, 6.45) is 0. The first-order valence-electron chi connectivity index (χ1n) is 5.18. The highest BCUT2D eigenvalue weighted by Crippen LogP contribution is 2.32. The van der Waals surface area contributed by atoms with Crippen LogP contribution in [-0.4, -0.2) is 30.9 Å². The third kappa shape index (κ3) is 2.85. The molecule has 0 aliphatic rings. The number of nitrogens with zero attached hydrogens (tertiary/aromatic N) is 1. The monoisotopic (exact) mass is 333 g/mol. The van der Waals surface area contributed by atoms with Crippen molar-refractivity contribution in [1.82, 2.24) is 0 Å². The maximum absolute atomic E-state index is 11.3. The predicted molar refractivity (Wildman–Crippen MR) is 70.2 cm³/mol. The van der Waals surface area contributed by atoms with Crippen molar-refractivity contribution < 1.29 is 30.9 Å². The normalized spacial score (nSPS) is 12.5. The molecule has 0 bridgehead atoms. The van der Waals surface area contributed by atoms with E-state index < -0.39 is 40.6 Å². The van der Waals surface area contributed by atoms with Gasteiger partial charge in [-0.2, -0.15) is 16.8 Å². The zero-order chi connectivity index (χ0) is 16.0. The van der Waals surface area contributed by atoms with Crippen LogP contribution in [0.3, 0.4) is 0 Å². The lowest BCUT2D eigenvalue weighted by atomic mass is 10.1. The van der Waals surface area contributed by atoms with E-state index in [-0.39, 0.29) is 10.8 Å². The molecule has 0 radical (unpaired) electrons. The summed E-state index contributed by atoms with van der Waals surface area (Å²) in [6, 6.07) is 4.64. The summed E-state index contributed by atoms with van der Waals surface area (Å²) in [4.78, 5) is 8.33. The van der Waals surface area contributed by atoms with Gasteiger partial charge in [0.05, 0.1) is 4.92 Å². The molecule has 0 amide bonds. The summed E-state index contributed by atoms with van der Waals surface area (Å²) in [5.41, 5.74) is -0.744. The Morgan fingerprint density at radius 2 is 1.48 bits per heavy atom. The molecule has 0 aliphatic carbocycles. The number of non-ortho nitro benzene ring substituents is 1. The molecule has 2 rings (SSSR count). The van der Waals surface area contributed by atoms with Gasteiger partial charge in [0.15, 0.2) is 0 Å². The summed E-state index contributed by atoms with van der Waals surface area (Å²) in [5, 5.41) is 10.1. The van der Waals surface area contributed by atoms with Gasteiger partial charge in [0.2, 0.25) is 0 Å². The molecule has 21 heavy (non-hydrogen) atoms. The predicted octanol–water partition coefficient (Wildman–Crippen LogP) is 1.24. The lowest BCUT2D eigenvalue weighted by Gasteiger charge is -2.07. The molecular formula is C10H7NO8S2. The summed E-state index contributed by atoms with van der Waals surface area (Å²) in [6.45, 7) is 0. The molecule has 112 valence electrons. The number of rotatable bonds is 3. The van der Waals surface area contributed by atoms with Crippen LogP contribution < -0.4 is 0 Å². The lowest BCUT2D eigenvalue weighted by molar-refractivity contribution is -0.384. The first-order valence-corrected chi connectivity index (χ1v) is 8.06. The van der Waals surface area contributed by atoms with E-state index in [4.69, 9.17) is 9.11 Å². The van der Waals surface area contributed by atoms with E-state index in [9.17, 15) is 26.9 Å². The third-order valence-corrected chi connectivity index (χ3v) is 4.47. The van der Waals surface area contributed by atoms with E-state index in [1.54, 1.807) is 0 Å². The van der Waals surface area contributed by atoms with Gasteiger partial charge in [0.25, 0.3) is 25.9 Å². The molecule has 0 aliphatic heterocycles. The minimum Gasteiger partial charge on any atom is -0.282 e. The van der Waals surface area contributed by atoms with Gasteiger partial charge in [-0.3, -0.25) is 19.2 Å². The Kier molecular flexibility index (Phi) is 3.45. The largest absolute Gasteiger partial charge is 0.295 e. The molecule has 0 unspecified atom stereocenters. The van der Waals surface area contributed by atoms with Crippen LogP contribution in [0, 0.1) is 10.1 Å². The molecule has 11 heteroatoms. The van der Waals surface area contributed by atoms with Gasteiger partial charge < -0.3 is 0 Å². The number of hydrogen-bond donors (Lipinski definition) is 2. The van der Waals surface area contributed by atoms with Crippen molar-refractivity contribution >= 4 is 36.7 Å². The molecule has 2 aromatic carbocycles. The SMILES string of the molecule is O=[N+]([O-])c1cc(S(=O)(=O)O)c2cccc(S(=O)(=O)O)c2c1. The number of hydrogen-bond acceptors (Lipinski definition) is 6. The molecule has 0 atom stereocenters. The van der Waals surface area contributed by atoms with Crippen LogP contribution in [0.4, 0.5) is 5.69 Å². The van der Waals surface area contributed by atoms with Crippen LogP contribution in [0.5, 0.6) is 0 Å². The Bertz CT molecular complexity index is 962. The molecule has 0 aromatic heterocycles. The van der Waals surface area contributed by atoms with Gasteiger partial charge in [-0.1, -0.05) is 12.1 Å². The second-order valence-electron chi connectivity index (χ2n) is 4.00. The summed E-state index contributed by atoms with van der Waals surface area (Å²) in [5.74, 6) is 0. The van der Waals surface area contributed by atoms with Gasteiger partial charge in [0, 0.05) is 22.9 Å². The van der Waals surface area contributed by atoms with Crippen molar-refractivity contribution in [2.75, 3.05) is 0 Å². The first-order chi connectivity index (χ1) is 9.51. The molecule has 9 nitrogen and oxygen atoms in total. The maximum Gasteiger partial charge on any atom is 0.295 e. The van der Waals surface area contributed by atoms with E-state index in [2.05, 4.69) is 0 Å². The van der Waals surface area contributed by atoms with E-state index >= 15 is 0 Å². The number of nitro groups is 1. The van der Waals surface area contributed by atoms with Gasteiger partial charge in [-0.15, -0.1) is 0 Å². The van der Waals surface area contributed by atoms with Crippen LogP contribution in [0.2, 0.25) is 0 Å². The van der Waals surface area contributed by atoms with E-state index in [1.807, 2.05) is 0 Å². The molecule has 0 spiro atoms. The molecule has 0 saturated heterocycles. The fourth-order valence-corrected chi connectivity index (χ4v) is 3.28. The first kappa shape index (κ1) is 15.3. The van der Waals surface area contributed by atoms with Crippen molar-refractivity contribution in [3.63, 3.8) is 0 Å². The minimum atomic E-state index is -4.83. The summed E-state index contributed by atoms with van der Waals surface area (Å²) < 4.78 is 63.4. The molecule has 0 heterocycles. The van der Waals surface area contributed by atoms with E-state index in [0.29, 0.717) is 6.07 Å². The molecule has 2 aromatic rings. The number of benzene rings is 2. The van der Waals surface area contributed by atoms with Crippen molar-refractivity contribution in [2.45, 2.75) is 9.79 Å². The molecular weight excluding hydrogens is 326 g/mol. The molecule has 2 N–H and O–H groups in total. The number of nitro benzene ring substituents is 1.